The van der Waals surface area contributed by atoms with Crippen LogP contribution in [-0.2, 0) is 22.7 Å². The molecule has 3 aromatic rings. The van der Waals surface area contributed by atoms with Crippen LogP contribution in [0.1, 0.15) is 27.4 Å². The smallest absolute Gasteiger partial charge is 0.373 e. The minimum atomic E-state index is -0.668. The van der Waals surface area contributed by atoms with Crippen molar-refractivity contribution in [3.63, 3.8) is 0 Å². The summed E-state index contributed by atoms with van der Waals surface area (Å²) in [6, 6.07) is 12.9. The Labute approximate surface area is 198 Å². The zero-order valence-corrected chi connectivity index (χ0v) is 18.6. The highest BCUT2D eigenvalue weighted by Crippen LogP contribution is 2.27. The Balaban J connectivity index is 1.52. The largest absolute Gasteiger partial charge is 0.488 e. The summed E-state index contributed by atoms with van der Waals surface area (Å²) in [6.45, 7) is -0.0198. The number of ether oxygens (including phenoxy) is 2. The molecule has 0 aliphatic carbocycles. The van der Waals surface area contributed by atoms with Crippen molar-refractivity contribution >= 4 is 35.6 Å². The number of rotatable bonds is 7. The van der Waals surface area contributed by atoms with Crippen molar-refractivity contribution in [2.45, 2.75) is 13.2 Å². The number of imide groups is 1. The van der Waals surface area contributed by atoms with Crippen LogP contribution in [0.2, 0.25) is 5.02 Å². The molecule has 0 bridgehead atoms. The maximum Gasteiger partial charge on any atom is 0.373 e. The molecule has 174 valence electrons. The Kier molecular flexibility index (Phi) is 6.65. The van der Waals surface area contributed by atoms with Crippen LogP contribution in [0.3, 0.4) is 0 Å². The topological polar surface area (TPSA) is 98.1 Å². The highest BCUT2D eigenvalue weighted by Gasteiger charge is 2.34. The maximum absolute atomic E-state index is 13.1. The molecule has 34 heavy (non-hydrogen) atoms. The van der Waals surface area contributed by atoms with E-state index in [9.17, 15) is 18.8 Å². The first-order chi connectivity index (χ1) is 16.3. The Morgan fingerprint density at radius 1 is 1.15 bits per heavy atom. The summed E-state index contributed by atoms with van der Waals surface area (Å²) in [4.78, 5) is 37.8. The highest BCUT2D eigenvalue weighted by molar-refractivity contribution is 6.30. The number of furan rings is 1. The monoisotopic (exact) mass is 484 g/mol. The number of urea groups is 1. The summed E-state index contributed by atoms with van der Waals surface area (Å²) in [5.74, 6) is -1.01. The molecule has 3 amide bonds. The van der Waals surface area contributed by atoms with Gasteiger partial charge in [-0.25, -0.2) is 14.0 Å². The van der Waals surface area contributed by atoms with Gasteiger partial charge < -0.3 is 19.2 Å². The third-order valence-corrected chi connectivity index (χ3v) is 5.14. The molecule has 0 radical (unpaired) electrons. The van der Waals surface area contributed by atoms with Crippen LogP contribution < -0.4 is 10.1 Å². The average Bonchev–Trinajstić information content (AvgIpc) is 3.39. The number of amides is 3. The lowest BCUT2D eigenvalue weighted by atomic mass is 10.1. The fourth-order valence-corrected chi connectivity index (χ4v) is 3.39. The summed E-state index contributed by atoms with van der Waals surface area (Å²) in [5, 5.41) is 2.92. The Morgan fingerprint density at radius 3 is 2.65 bits per heavy atom. The van der Waals surface area contributed by atoms with Crippen molar-refractivity contribution in [2.75, 3.05) is 7.11 Å². The number of carbonyl (C=O) groups excluding carboxylic acids is 3. The Bertz CT molecular complexity index is 1280. The number of nitrogens with zero attached hydrogens (tertiary/aromatic N) is 1. The predicted molar refractivity (Wildman–Crippen MR) is 119 cm³/mol. The van der Waals surface area contributed by atoms with Crippen LogP contribution >= 0.6 is 11.6 Å². The molecule has 0 saturated carbocycles. The van der Waals surface area contributed by atoms with Crippen LogP contribution in [0.25, 0.3) is 6.08 Å². The summed E-state index contributed by atoms with van der Waals surface area (Å²) in [6.07, 6.45) is 1.45. The molecule has 2 aromatic carbocycles. The van der Waals surface area contributed by atoms with Crippen molar-refractivity contribution in [3.8, 4) is 5.75 Å². The fourth-order valence-electron chi connectivity index (χ4n) is 3.21. The molecule has 2 heterocycles. The van der Waals surface area contributed by atoms with E-state index < -0.39 is 17.9 Å². The zero-order chi connectivity index (χ0) is 24.2. The molecule has 1 aromatic heterocycles. The van der Waals surface area contributed by atoms with Crippen molar-refractivity contribution in [1.29, 1.82) is 0 Å². The van der Waals surface area contributed by atoms with Crippen LogP contribution in [0, 0.1) is 5.82 Å². The van der Waals surface area contributed by atoms with Gasteiger partial charge in [-0.05, 0) is 54.1 Å². The lowest BCUT2D eigenvalue weighted by Crippen LogP contribution is -2.30. The van der Waals surface area contributed by atoms with Gasteiger partial charge in [-0.3, -0.25) is 9.69 Å². The summed E-state index contributed by atoms with van der Waals surface area (Å²) < 4.78 is 28.9. The summed E-state index contributed by atoms with van der Waals surface area (Å²) in [5.41, 5.74) is 1.22. The van der Waals surface area contributed by atoms with Gasteiger partial charge in [-0.15, -0.1) is 0 Å². The number of nitrogens with one attached hydrogen (secondary N) is 1. The number of benzene rings is 2. The molecule has 1 fully saturated rings. The molecule has 10 heteroatoms. The number of hydrogen-bond acceptors (Lipinski definition) is 6. The van der Waals surface area contributed by atoms with E-state index >= 15 is 0 Å². The fraction of sp³-hybridized carbons (Fsp3) is 0.125. The lowest BCUT2D eigenvalue weighted by molar-refractivity contribution is -0.123. The van der Waals surface area contributed by atoms with E-state index in [0.29, 0.717) is 16.3 Å². The van der Waals surface area contributed by atoms with Gasteiger partial charge in [0.25, 0.3) is 5.91 Å². The number of esters is 1. The molecule has 1 N–H and O–H groups in total. The third kappa shape index (κ3) is 5.10. The first kappa shape index (κ1) is 23.1. The lowest BCUT2D eigenvalue weighted by Gasteiger charge is -2.11. The molecule has 1 saturated heterocycles. The van der Waals surface area contributed by atoms with E-state index in [-0.39, 0.29) is 36.2 Å². The van der Waals surface area contributed by atoms with E-state index in [2.05, 4.69) is 10.1 Å². The van der Waals surface area contributed by atoms with Crippen molar-refractivity contribution < 1.29 is 32.7 Å². The third-order valence-electron chi connectivity index (χ3n) is 4.90. The van der Waals surface area contributed by atoms with Gasteiger partial charge in [0.15, 0.2) is 0 Å². The quantitative estimate of drug-likeness (QED) is 0.300. The van der Waals surface area contributed by atoms with Crippen LogP contribution in [-0.4, -0.2) is 29.9 Å². The number of methoxy groups -OCH3 is 1. The molecule has 0 atom stereocenters. The molecule has 0 unspecified atom stereocenters. The van der Waals surface area contributed by atoms with E-state index in [4.69, 9.17) is 20.8 Å². The average molecular weight is 485 g/mol. The minimum Gasteiger partial charge on any atom is -0.488 e. The Hall–Kier alpha value is -4.11. The van der Waals surface area contributed by atoms with Gasteiger partial charge in [0.1, 0.15) is 29.6 Å². The van der Waals surface area contributed by atoms with Gasteiger partial charge in [0, 0.05) is 10.6 Å². The zero-order valence-electron chi connectivity index (χ0n) is 17.8. The van der Waals surface area contributed by atoms with Gasteiger partial charge in [0.2, 0.25) is 5.76 Å². The van der Waals surface area contributed by atoms with E-state index in [0.717, 1.165) is 10.5 Å². The number of carbonyl (C=O) groups is 3. The van der Waals surface area contributed by atoms with E-state index in [1.807, 2.05) is 0 Å². The van der Waals surface area contributed by atoms with Crippen molar-refractivity contribution in [1.82, 2.24) is 10.2 Å². The molecular formula is C24H18ClFN2O6. The molecular weight excluding hydrogens is 467 g/mol. The van der Waals surface area contributed by atoms with Gasteiger partial charge in [-0.2, -0.15) is 0 Å². The van der Waals surface area contributed by atoms with Crippen molar-refractivity contribution in [3.05, 3.63) is 93.8 Å². The molecule has 4 rings (SSSR count). The number of halogens is 2. The minimum absolute atomic E-state index is 0.0126. The number of hydrogen-bond donors (Lipinski definition) is 1. The van der Waals surface area contributed by atoms with Gasteiger partial charge >= 0.3 is 12.0 Å². The second-order valence-corrected chi connectivity index (χ2v) is 7.67. The second kappa shape index (κ2) is 9.80. The Morgan fingerprint density at radius 2 is 1.91 bits per heavy atom. The maximum atomic E-state index is 13.1. The molecule has 1 aliphatic heterocycles. The van der Waals surface area contributed by atoms with Gasteiger partial charge in [0.05, 0.1) is 13.7 Å². The van der Waals surface area contributed by atoms with E-state index in [1.54, 1.807) is 30.3 Å². The van der Waals surface area contributed by atoms with Crippen LogP contribution in [0.15, 0.2) is 64.7 Å². The first-order valence-electron chi connectivity index (χ1n) is 10.0. The molecule has 1 aliphatic rings. The van der Waals surface area contributed by atoms with Crippen LogP contribution in [0.5, 0.6) is 5.75 Å². The van der Waals surface area contributed by atoms with Gasteiger partial charge in [-0.1, -0.05) is 23.7 Å². The normalized spacial score (nSPS) is 14.4. The molecule has 8 nitrogen and oxygen atoms in total. The standard InChI is InChI=1S/C24H18ClFN2O6/c1-32-23(30)21-9-7-18(34-21)12-28-22(29)19(27-24(28)31)11-15-10-16(25)4-8-20(15)33-13-14-2-5-17(26)6-3-14/h2-11H,12-13H2,1H3,(H,27,31). The van der Waals surface area contributed by atoms with Crippen molar-refractivity contribution in [2.24, 2.45) is 0 Å². The summed E-state index contributed by atoms with van der Waals surface area (Å²) >= 11 is 6.12. The second-order valence-electron chi connectivity index (χ2n) is 7.23. The van der Waals surface area contributed by atoms with E-state index in [1.165, 1.54) is 37.5 Å². The predicted octanol–water partition coefficient (Wildman–Crippen LogP) is 4.53. The SMILES string of the molecule is COC(=O)c1ccc(CN2C(=O)NC(=Cc3cc(Cl)ccc3OCc3ccc(F)cc3)C2=O)o1. The molecule has 0 spiro atoms. The first-order valence-corrected chi connectivity index (χ1v) is 10.4. The summed E-state index contributed by atoms with van der Waals surface area (Å²) in [7, 11) is 1.21. The van der Waals surface area contributed by atoms with Crippen LogP contribution in [0.4, 0.5) is 9.18 Å². The highest BCUT2D eigenvalue weighted by atomic mass is 35.5.